The minimum absolute atomic E-state index is 0.113. The minimum atomic E-state index is -0.992. The van der Waals surface area contributed by atoms with Crippen LogP contribution in [0.1, 0.15) is 23.7 Å². The van der Waals surface area contributed by atoms with Gasteiger partial charge in [0.15, 0.2) is 29.1 Å². The van der Waals surface area contributed by atoms with E-state index in [1.54, 1.807) is 30.3 Å². The van der Waals surface area contributed by atoms with Crippen molar-refractivity contribution in [3.05, 3.63) is 42.0 Å². The Labute approximate surface area is 161 Å². The number of nitrogens with one attached hydrogen (secondary N) is 1. The first-order chi connectivity index (χ1) is 13.6. The molecule has 2 aliphatic rings. The Hall–Kier alpha value is -3.42. The number of anilines is 1. The van der Waals surface area contributed by atoms with E-state index in [9.17, 15) is 9.59 Å². The zero-order valence-electron chi connectivity index (χ0n) is 15.2. The van der Waals surface area contributed by atoms with Gasteiger partial charge in [-0.3, -0.25) is 4.79 Å². The number of hydrogen-bond donors (Lipinski definition) is 1. The van der Waals surface area contributed by atoms with E-state index in [0.717, 1.165) is 6.42 Å². The highest BCUT2D eigenvalue weighted by Gasteiger charge is 2.22. The number of hydrogen-bond acceptors (Lipinski definition) is 7. The largest absolute Gasteiger partial charge is 0.490 e. The molecule has 0 saturated carbocycles. The third-order valence-corrected chi connectivity index (χ3v) is 4.28. The molecule has 0 spiro atoms. The smallest absolute Gasteiger partial charge is 0.339 e. The van der Waals surface area contributed by atoms with Crippen molar-refractivity contribution in [2.45, 2.75) is 19.4 Å². The molecule has 28 heavy (non-hydrogen) atoms. The molecular weight excluding hydrogens is 366 g/mol. The summed E-state index contributed by atoms with van der Waals surface area (Å²) < 4.78 is 26.9. The molecule has 1 N–H and O–H groups in total. The first-order valence-corrected chi connectivity index (χ1v) is 8.91. The molecule has 0 aromatic heterocycles. The molecule has 2 heterocycles. The second kappa shape index (κ2) is 7.67. The van der Waals surface area contributed by atoms with E-state index >= 15 is 0 Å². The van der Waals surface area contributed by atoms with Gasteiger partial charge in [-0.1, -0.05) is 0 Å². The van der Waals surface area contributed by atoms with Crippen LogP contribution in [0.4, 0.5) is 5.69 Å². The highest BCUT2D eigenvalue weighted by Crippen LogP contribution is 2.33. The van der Waals surface area contributed by atoms with Crippen LogP contribution in [0, 0.1) is 0 Å². The van der Waals surface area contributed by atoms with Gasteiger partial charge >= 0.3 is 5.97 Å². The lowest BCUT2D eigenvalue weighted by Crippen LogP contribution is -2.30. The molecule has 0 bridgehead atoms. The molecule has 2 aliphatic heterocycles. The molecule has 0 saturated heterocycles. The molecule has 2 aromatic carbocycles. The molecule has 0 fully saturated rings. The maximum atomic E-state index is 12.4. The van der Waals surface area contributed by atoms with Crippen molar-refractivity contribution in [2.24, 2.45) is 0 Å². The Morgan fingerprint density at radius 1 is 0.929 bits per heavy atom. The summed E-state index contributed by atoms with van der Waals surface area (Å²) in [4.78, 5) is 24.7. The van der Waals surface area contributed by atoms with Gasteiger partial charge in [0, 0.05) is 18.2 Å². The molecule has 0 radical (unpaired) electrons. The van der Waals surface area contributed by atoms with Crippen molar-refractivity contribution in [3.8, 4) is 23.0 Å². The van der Waals surface area contributed by atoms with E-state index in [4.69, 9.17) is 23.7 Å². The molecule has 8 heteroatoms. The van der Waals surface area contributed by atoms with Crippen LogP contribution in [0.15, 0.2) is 36.4 Å². The van der Waals surface area contributed by atoms with E-state index in [2.05, 4.69) is 5.32 Å². The summed E-state index contributed by atoms with van der Waals surface area (Å²) in [7, 11) is 0. The molecular formula is C20H19NO7. The van der Waals surface area contributed by atoms with Crippen molar-refractivity contribution in [1.82, 2.24) is 0 Å². The van der Waals surface area contributed by atoms with Crippen LogP contribution in [0.2, 0.25) is 0 Å². The fraction of sp³-hybridized carbons (Fsp3) is 0.300. The van der Waals surface area contributed by atoms with E-state index < -0.39 is 18.0 Å². The molecule has 4 rings (SSSR count). The fourth-order valence-corrected chi connectivity index (χ4v) is 2.79. The highest BCUT2D eigenvalue weighted by molar-refractivity contribution is 5.97. The topological polar surface area (TPSA) is 92.3 Å². The van der Waals surface area contributed by atoms with Gasteiger partial charge in [-0.25, -0.2) is 4.79 Å². The van der Waals surface area contributed by atoms with E-state index in [-0.39, 0.29) is 12.4 Å². The molecule has 1 atom stereocenters. The summed E-state index contributed by atoms with van der Waals surface area (Å²) in [6, 6.07) is 9.84. The predicted molar refractivity (Wildman–Crippen MR) is 98.1 cm³/mol. The lowest BCUT2D eigenvalue weighted by atomic mass is 10.2. The quantitative estimate of drug-likeness (QED) is 0.809. The normalized spacial score (nSPS) is 15.3. The molecule has 1 amide bonds. The molecule has 8 nitrogen and oxygen atoms in total. The van der Waals surface area contributed by atoms with Crippen molar-refractivity contribution < 1.29 is 33.3 Å². The molecule has 0 aliphatic carbocycles. The highest BCUT2D eigenvalue weighted by atomic mass is 16.7. The lowest BCUT2D eigenvalue weighted by Gasteiger charge is -2.15. The lowest BCUT2D eigenvalue weighted by molar-refractivity contribution is -0.123. The van der Waals surface area contributed by atoms with Crippen LogP contribution in [-0.2, 0) is 9.53 Å². The number of carbonyl (C=O) groups is 2. The van der Waals surface area contributed by atoms with Gasteiger partial charge in [-0.15, -0.1) is 0 Å². The molecule has 146 valence electrons. The zero-order chi connectivity index (χ0) is 19.5. The Morgan fingerprint density at radius 3 is 2.46 bits per heavy atom. The number of rotatable bonds is 4. The van der Waals surface area contributed by atoms with Gasteiger partial charge in [-0.2, -0.15) is 0 Å². The summed E-state index contributed by atoms with van der Waals surface area (Å²) >= 11 is 0. The van der Waals surface area contributed by atoms with Gasteiger partial charge in [0.25, 0.3) is 5.91 Å². The van der Waals surface area contributed by atoms with Gasteiger partial charge in [0.05, 0.1) is 18.8 Å². The van der Waals surface area contributed by atoms with Gasteiger partial charge in [-0.05, 0) is 37.3 Å². The van der Waals surface area contributed by atoms with E-state index in [0.29, 0.717) is 41.9 Å². The van der Waals surface area contributed by atoms with Crippen molar-refractivity contribution in [3.63, 3.8) is 0 Å². The predicted octanol–water partition coefficient (Wildman–Crippen LogP) is 2.76. The monoisotopic (exact) mass is 385 g/mol. The van der Waals surface area contributed by atoms with Crippen molar-refractivity contribution in [1.29, 1.82) is 0 Å². The maximum absolute atomic E-state index is 12.4. The summed E-state index contributed by atoms with van der Waals surface area (Å²) in [6.45, 7) is 2.75. The van der Waals surface area contributed by atoms with Crippen LogP contribution in [0.5, 0.6) is 23.0 Å². The van der Waals surface area contributed by atoms with Gasteiger partial charge in [0.1, 0.15) is 0 Å². The molecule has 0 unspecified atom stereocenters. The maximum Gasteiger partial charge on any atom is 0.339 e. The number of fused-ring (bicyclic) bond motifs is 2. The average molecular weight is 385 g/mol. The zero-order valence-corrected chi connectivity index (χ0v) is 15.2. The standard InChI is InChI=1S/C20H19NO7/c1-12(28-20(23)13-3-5-16-17(9-13)27-11-26-16)19(22)21-14-4-6-15-18(10-14)25-8-2-7-24-15/h3-6,9-10,12H,2,7-8,11H2,1H3,(H,21,22)/t12-/m1/s1. The third-order valence-electron chi connectivity index (χ3n) is 4.28. The summed E-state index contributed by atoms with van der Waals surface area (Å²) in [5, 5.41) is 2.71. The minimum Gasteiger partial charge on any atom is -0.490 e. The average Bonchev–Trinajstić information content (AvgIpc) is 3.04. The first kappa shape index (κ1) is 18.0. The van der Waals surface area contributed by atoms with E-state index in [1.807, 2.05) is 0 Å². The van der Waals surface area contributed by atoms with Crippen LogP contribution >= 0.6 is 0 Å². The number of benzene rings is 2. The SMILES string of the molecule is C[C@@H](OC(=O)c1ccc2c(c1)OCO2)C(=O)Nc1ccc2c(c1)OCCCO2. The van der Waals surface area contributed by atoms with Crippen molar-refractivity contribution in [2.75, 3.05) is 25.3 Å². The number of carbonyl (C=O) groups excluding carboxylic acids is 2. The summed E-state index contributed by atoms with van der Waals surface area (Å²) in [5.74, 6) is 1.16. The number of esters is 1. The second-order valence-electron chi connectivity index (χ2n) is 6.32. The van der Waals surface area contributed by atoms with Crippen LogP contribution in [-0.4, -0.2) is 38.0 Å². The Kier molecular flexibility index (Phi) is 4.92. The Balaban J connectivity index is 1.38. The van der Waals surface area contributed by atoms with Gasteiger partial charge < -0.3 is 29.0 Å². The third kappa shape index (κ3) is 3.80. The second-order valence-corrected chi connectivity index (χ2v) is 6.32. The van der Waals surface area contributed by atoms with Gasteiger partial charge in [0.2, 0.25) is 6.79 Å². The van der Waals surface area contributed by atoms with E-state index in [1.165, 1.54) is 13.0 Å². The van der Waals surface area contributed by atoms with Crippen LogP contribution in [0.3, 0.4) is 0 Å². The number of ether oxygens (including phenoxy) is 5. The van der Waals surface area contributed by atoms with Crippen LogP contribution in [0.25, 0.3) is 0 Å². The number of amides is 1. The van der Waals surface area contributed by atoms with Crippen LogP contribution < -0.4 is 24.3 Å². The summed E-state index contributed by atoms with van der Waals surface area (Å²) in [5.41, 5.74) is 0.805. The molecule has 2 aromatic rings. The fourth-order valence-electron chi connectivity index (χ4n) is 2.79. The first-order valence-electron chi connectivity index (χ1n) is 8.91. The van der Waals surface area contributed by atoms with Crippen molar-refractivity contribution >= 4 is 17.6 Å². The summed E-state index contributed by atoms with van der Waals surface area (Å²) in [6.07, 6.45) is -0.197. The Bertz CT molecular complexity index is 911. The Morgan fingerprint density at radius 2 is 1.61 bits per heavy atom.